The summed E-state index contributed by atoms with van der Waals surface area (Å²) in [6, 6.07) is 21.3. The lowest BCUT2D eigenvalue weighted by Gasteiger charge is -2.25. The van der Waals surface area contributed by atoms with Gasteiger partial charge in [-0.2, -0.15) is 17.9 Å². The number of hydrogen-bond acceptors (Lipinski definition) is 5. The first-order chi connectivity index (χ1) is 14.9. The molecule has 1 aliphatic rings. The number of methoxy groups -OCH3 is 2. The standard InChI is InChI=1S/C24H24N2O4S/c1-17-9-12-20(13-10-17)31(27,28)26-23(16-22(25-26)18-7-5-4-6-8-18)21-14-11-19(29-2)15-24(21)30-3/h4-15,23H,16H2,1-3H3/t23-/m0/s1. The number of nitrogens with zero attached hydrogens (tertiary/aromatic N) is 2. The first kappa shape index (κ1) is 20.9. The summed E-state index contributed by atoms with van der Waals surface area (Å²) in [7, 11) is -0.737. The molecule has 0 aromatic heterocycles. The van der Waals surface area contributed by atoms with E-state index in [-0.39, 0.29) is 4.90 Å². The zero-order chi connectivity index (χ0) is 22.0. The van der Waals surface area contributed by atoms with Gasteiger partial charge in [-0.3, -0.25) is 0 Å². The van der Waals surface area contributed by atoms with Crippen LogP contribution in [0.1, 0.15) is 29.2 Å². The van der Waals surface area contributed by atoms with Crippen molar-refractivity contribution >= 4 is 15.7 Å². The second kappa shape index (κ2) is 8.43. The van der Waals surface area contributed by atoms with Crippen LogP contribution in [0, 0.1) is 6.92 Å². The topological polar surface area (TPSA) is 68.2 Å². The zero-order valence-electron chi connectivity index (χ0n) is 17.6. The quantitative estimate of drug-likeness (QED) is 0.568. The molecule has 31 heavy (non-hydrogen) atoms. The number of hydrogen-bond donors (Lipinski definition) is 0. The minimum atomic E-state index is -3.88. The van der Waals surface area contributed by atoms with Gasteiger partial charge < -0.3 is 9.47 Å². The second-order valence-electron chi connectivity index (χ2n) is 7.33. The van der Waals surface area contributed by atoms with Gasteiger partial charge >= 0.3 is 0 Å². The molecule has 160 valence electrons. The highest BCUT2D eigenvalue weighted by Crippen LogP contribution is 2.41. The summed E-state index contributed by atoms with van der Waals surface area (Å²) < 4.78 is 39.2. The Morgan fingerprint density at radius 2 is 1.65 bits per heavy atom. The molecular formula is C24H24N2O4S. The monoisotopic (exact) mass is 436 g/mol. The smallest absolute Gasteiger partial charge is 0.279 e. The molecule has 0 amide bonds. The van der Waals surface area contributed by atoms with Crippen LogP contribution < -0.4 is 9.47 Å². The number of benzene rings is 3. The van der Waals surface area contributed by atoms with Crippen LogP contribution in [-0.2, 0) is 10.0 Å². The lowest BCUT2D eigenvalue weighted by Crippen LogP contribution is -2.27. The molecule has 3 aromatic rings. The van der Waals surface area contributed by atoms with Gasteiger partial charge in [-0.05, 0) is 36.8 Å². The number of rotatable bonds is 6. The minimum absolute atomic E-state index is 0.202. The second-order valence-corrected chi connectivity index (χ2v) is 9.13. The predicted molar refractivity (Wildman–Crippen MR) is 120 cm³/mol. The van der Waals surface area contributed by atoms with Crippen molar-refractivity contribution in [1.82, 2.24) is 4.41 Å². The van der Waals surface area contributed by atoms with E-state index in [0.717, 1.165) is 16.7 Å². The van der Waals surface area contributed by atoms with Gasteiger partial charge in [0.25, 0.3) is 10.0 Å². The van der Waals surface area contributed by atoms with Crippen molar-refractivity contribution in [1.29, 1.82) is 0 Å². The molecule has 0 saturated carbocycles. The van der Waals surface area contributed by atoms with Crippen molar-refractivity contribution in [2.75, 3.05) is 14.2 Å². The third kappa shape index (κ3) is 4.01. The van der Waals surface area contributed by atoms with E-state index in [1.165, 1.54) is 4.41 Å². The van der Waals surface area contributed by atoms with E-state index in [1.807, 2.05) is 43.3 Å². The minimum Gasteiger partial charge on any atom is -0.497 e. The average molecular weight is 437 g/mol. The van der Waals surface area contributed by atoms with Gasteiger partial charge in [0.05, 0.1) is 30.9 Å². The van der Waals surface area contributed by atoms with E-state index >= 15 is 0 Å². The van der Waals surface area contributed by atoms with E-state index in [4.69, 9.17) is 9.47 Å². The first-order valence-electron chi connectivity index (χ1n) is 9.90. The fraction of sp³-hybridized carbons (Fsp3) is 0.208. The Labute approximate surface area is 182 Å². The third-order valence-corrected chi connectivity index (χ3v) is 7.04. The lowest BCUT2D eigenvalue weighted by molar-refractivity contribution is 0.347. The molecule has 0 fully saturated rings. The molecule has 3 aromatic carbocycles. The summed E-state index contributed by atoms with van der Waals surface area (Å²) >= 11 is 0. The maximum Gasteiger partial charge on any atom is 0.279 e. The molecule has 7 heteroatoms. The first-order valence-corrected chi connectivity index (χ1v) is 11.3. The van der Waals surface area contributed by atoms with Crippen LogP contribution >= 0.6 is 0 Å². The normalized spacial score (nSPS) is 16.2. The van der Waals surface area contributed by atoms with Crippen LogP contribution in [0.2, 0.25) is 0 Å². The number of aryl methyl sites for hydroxylation is 1. The van der Waals surface area contributed by atoms with Gasteiger partial charge in [0.2, 0.25) is 0 Å². The molecule has 1 heterocycles. The molecule has 0 aliphatic carbocycles. The van der Waals surface area contributed by atoms with Crippen LogP contribution in [-0.4, -0.2) is 32.8 Å². The van der Waals surface area contributed by atoms with Gasteiger partial charge in [-0.15, -0.1) is 0 Å². The van der Waals surface area contributed by atoms with Crippen LogP contribution in [0.3, 0.4) is 0 Å². The zero-order valence-corrected chi connectivity index (χ0v) is 18.5. The van der Waals surface area contributed by atoms with Crippen LogP contribution in [0.15, 0.2) is 82.8 Å². The fourth-order valence-electron chi connectivity index (χ4n) is 3.66. The molecule has 0 radical (unpaired) electrons. The van der Waals surface area contributed by atoms with Crippen LogP contribution in [0.4, 0.5) is 0 Å². The van der Waals surface area contributed by atoms with E-state index in [1.54, 1.807) is 50.6 Å². The van der Waals surface area contributed by atoms with E-state index in [0.29, 0.717) is 23.6 Å². The Balaban J connectivity index is 1.83. The van der Waals surface area contributed by atoms with Crippen molar-refractivity contribution in [2.45, 2.75) is 24.3 Å². The SMILES string of the molecule is COc1ccc([C@@H]2CC(c3ccccc3)=NN2S(=O)(=O)c2ccc(C)cc2)c(OC)c1. The molecule has 1 atom stereocenters. The summed E-state index contributed by atoms with van der Waals surface area (Å²) in [5.41, 5.74) is 3.32. The van der Waals surface area contributed by atoms with Crippen molar-refractivity contribution in [3.8, 4) is 11.5 Å². The van der Waals surface area contributed by atoms with Gasteiger partial charge in [-0.1, -0.05) is 48.0 Å². The van der Waals surface area contributed by atoms with Gasteiger partial charge in [-0.25, -0.2) is 0 Å². The van der Waals surface area contributed by atoms with Gasteiger partial charge in [0, 0.05) is 18.1 Å². The van der Waals surface area contributed by atoms with Gasteiger partial charge in [0.1, 0.15) is 11.5 Å². The van der Waals surface area contributed by atoms with Crippen LogP contribution in [0.25, 0.3) is 0 Å². The van der Waals surface area contributed by atoms with Crippen LogP contribution in [0.5, 0.6) is 11.5 Å². The maximum atomic E-state index is 13.6. The molecule has 0 bridgehead atoms. The lowest BCUT2D eigenvalue weighted by atomic mass is 9.98. The summed E-state index contributed by atoms with van der Waals surface area (Å²) in [5, 5.41) is 4.58. The third-order valence-electron chi connectivity index (χ3n) is 5.34. The number of hydrazone groups is 1. The highest BCUT2D eigenvalue weighted by atomic mass is 32.2. The highest BCUT2D eigenvalue weighted by Gasteiger charge is 2.39. The maximum absolute atomic E-state index is 13.6. The fourth-order valence-corrected chi connectivity index (χ4v) is 5.08. The average Bonchev–Trinajstić information content (AvgIpc) is 3.25. The highest BCUT2D eigenvalue weighted by molar-refractivity contribution is 7.89. The van der Waals surface area contributed by atoms with Crippen molar-refractivity contribution in [3.63, 3.8) is 0 Å². The van der Waals surface area contributed by atoms with E-state index in [9.17, 15) is 8.42 Å². The Bertz CT molecular complexity index is 1210. The van der Waals surface area contributed by atoms with Gasteiger partial charge in [0.15, 0.2) is 0 Å². The Hall–Kier alpha value is -3.32. The van der Waals surface area contributed by atoms with E-state index in [2.05, 4.69) is 5.10 Å². The van der Waals surface area contributed by atoms with E-state index < -0.39 is 16.1 Å². The molecule has 0 spiro atoms. The predicted octanol–water partition coefficient (Wildman–Crippen LogP) is 4.55. The molecule has 1 aliphatic heterocycles. The Kier molecular flexibility index (Phi) is 5.69. The number of ether oxygens (including phenoxy) is 2. The summed E-state index contributed by atoms with van der Waals surface area (Å²) in [6.45, 7) is 1.92. The van der Waals surface area contributed by atoms with Crippen molar-refractivity contribution < 1.29 is 17.9 Å². The Morgan fingerprint density at radius 1 is 0.935 bits per heavy atom. The summed E-state index contributed by atoms with van der Waals surface area (Å²) in [4.78, 5) is 0.202. The Morgan fingerprint density at radius 3 is 2.29 bits per heavy atom. The molecule has 0 saturated heterocycles. The molecule has 6 nitrogen and oxygen atoms in total. The molecular weight excluding hydrogens is 412 g/mol. The molecule has 0 unspecified atom stereocenters. The summed E-state index contributed by atoms with van der Waals surface area (Å²) in [6.07, 6.45) is 0.428. The largest absolute Gasteiger partial charge is 0.497 e. The molecule has 4 rings (SSSR count). The number of sulfonamides is 1. The summed E-state index contributed by atoms with van der Waals surface area (Å²) in [5.74, 6) is 1.19. The van der Waals surface area contributed by atoms with Crippen molar-refractivity contribution in [3.05, 3.63) is 89.5 Å². The van der Waals surface area contributed by atoms with Crippen molar-refractivity contribution in [2.24, 2.45) is 5.10 Å². The molecule has 0 N–H and O–H groups in total.